The molecule has 0 aromatic carbocycles. The molecule has 0 saturated carbocycles. The van der Waals surface area contributed by atoms with Gasteiger partial charge in [0.15, 0.2) is 0 Å². The normalized spacial score (nSPS) is 11.1. The molecule has 0 unspecified atom stereocenters. The lowest BCUT2D eigenvalue weighted by atomic mass is 10.4. The molecule has 20 heavy (non-hydrogen) atoms. The second-order valence-corrected chi connectivity index (χ2v) is 5.22. The molecule has 110 valence electrons. The first-order valence-corrected chi connectivity index (χ1v) is 7.53. The monoisotopic (exact) mass is 298 g/mol. The smallest absolute Gasteiger partial charge is 0.372 e. The van der Waals surface area contributed by atoms with Crippen LogP contribution < -0.4 is 5.32 Å². The second kappa shape index (κ2) is 7.20. The molecule has 0 aliphatic rings. The van der Waals surface area contributed by atoms with E-state index in [1.54, 1.807) is 11.6 Å². The van der Waals surface area contributed by atoms with E-state index >= 15 is 0 Å². The molecule has 0 radical (unpaired) electrons. The number of nitro groups is 1. The number of nitrogens with one attached hydrogen (secondary N) is 1. The summed E-state index contributed by atoms with van der Waals surface area (Å²) in [6.07, 6.45) is 4.64. The number of hydrogen-bond donors (Lipinski definition) is 1. The molecule has 2 rings (SSSR count). The van der Waals surface area contributed by atoms with Crippen LogP contribution >= 0.6 is 11.3 Å². The zero-order valence-electron chi connectivity index (χ0n) is 11.4. The Balaban J connectivity index is 1.85. The van der Waals surface area contributed by atoms with Gasteiger partial charge in [0.1, 0.15) is 6.20 Å². The summed E-state index contributed by atoms with van der Waals surface area (Å²) >= 11 is 1.38. The highest BCUT2D eigenvalue weighted by molar-refractivity contribution is 7.15. The van der Waals surface area contributed by atoms with Crippen LogP contribution in [0.2, 0.25) is 0 Å². The average molecular weight is 298 g/mol. The number of aromatic nitrogens is 2. The van der Waals surface area contributed by atoms with Gasteiger partial charge in [-0.25, -0.2) is 0 Å². The maximum absolute atomic E-state index is 11.1. The summed E-state index contributed by atoms with van der Waals surface area (Å²) < 4.78 is 6.93. The van der Waals surface area contributed by atoms with E-state index in [2.05, 4.69) is 17.2 Å². The van der Waals surface area contributed by atoms with E-state index in [1.807, 2.05) is 0 Å². The molecule has 0 atom stereocenters. The van der Waals surface area contributed by atoms with E-state index in [9.17, 15) is 10.1 Å². The lowest BCUT2D eigenvalue weighted by molar-refractivity contribution is -0.389. The molecule has 2 aromatic rings. The highest BCUT2D eigenvalue weighted by Crippen LogP contribution is 2.27. The van der Waals surface area contributed by atoms with Crippen LogP contribution in [0, 0.1) is 10.1 Å². The first-order chi connectivity index (χ1) is 9.74. The largest absolute Gasteiger partial charge is 0.381 e. The molecular weight excluding hydrogens is 280 g/mol. The van der Waals surface area contributed by atoms with Gasteiger partial charge >= 0.3 is 5.82 Å². The van der Waals surface area contributed by atoms with Crippen molar-refractivity contribution >= 4 is 27.9 Å². The Kier molecular flexibility index (Phi) is 5.31. The zero-order chi connectivity index (χ0) is 14.4. The van der Waals surface area contributed by atoms with E-state index in [0.717, 1.165) is 25.9 Å². The third-order valence-electron chi connectivity index (χ3n) is 2.81. The van der Waals surface area contributed by atoms with E-state index in [-0.39, 0.29) is 5.82 Å². The second-order valence-electron chi connectivity index (χ2n) is 4.34. The Bertz CT molecular complexity index is 566. The molecule has 7 nitrogen and oxygen atoms in total. The fraction of sp³-hybridized carbons (Fsp3) is 0.583. The summed E-state index contributed by atoms with van der Waals surface area (Å²) in [4.78, 5) is 15.5. The zero-order valence-corrected chi connectivity index (χ0v) is 12.2. The Morgan fingerprint density at radius 1 is 1.50 bits per heavy atom. The van der Waals surface area contributed by atoms with Crippen LogP contribution in [0.15, 0.2) is 11.6 Å². The first kappa shape index (κ1) is 14.7. The molecule has 2 aromatic heterocycles. The Labute approximate surface area is 120 Å². The molecule has 0 amide bonds. The third kappa shape index (κ3) is 3.45. The van der Waals surface area contributed by atoms with Crippen LogP contribution in [0.5, 0.6) is 0 Å². The molecule has 0 bridgehead atoms. The van der Waals surface area contributed by atoms with Crippen molar-refractivity contribution in [3.63, 3.8) is 0 Å². The number of unbranched alkanes of at least 4 members (excludes halogenated alkanes) is 1. The molecule has 2 heterocycles. The van der Waals surface area contributed by atoms with Crippen LogP contribution in [0.1, 0.15) is 26.2 Å². The van der Waals surface area contributed by atoms with Crippen LogP contribution in [0.4, 0.5) is 11.6 Å². The van der Waals surface area contributed by atoms with Gasteiger partial charge < -0.3 is 20.2 Å². The minimum atomic E-state index is -0.410. The van der Waals surface area contributed by atoms with Gasteiger partial charge in [0.25, 0.3) is 4.96 Å². The van der Waals surface area contributed by atoms with E-state index < -0.39 is 4.92 Å². The molecular formula is C12H18N4O3S. The standard InChI is InChI=1S/C12H18N4O3S/c1-2-3-7-19-8-4-5-13-10-11(16(17)18)15-6-9-20-12(15)14-10/h6,9,13H,2-5,7-8H2,1H3. The van der Waals surface area contributed by atoms with E-state index in [0.29, 0.717) is 23.9 Å². The number of ether oxygens (including phenoxy) is 1. The van der Waals surface area contributed by atoms with Crippen LogP contribution in [0.25, 0.3) is 4.96 Å². The van der Waals surface area contributed by atoms with Gasteiger partial charge in [0.2, 0.25) is 5.82 Å². The fourth-order valence-electron chi connectivity index (χ4n) is 1.80. The number of rotatable bonds is 9. The van der Waals surface area contributed by atoms with Crippen molar-refractivity contribution < 1.29 is 9.66 Å². The highest BCUT2D eigenvalue weighted by atomic mass is 32.1. The van der Waals surface area contributed by atoms with Gasteiger partial charge in [0.05, 0.1) is 0 Å². The maximum Gasteiger partial charge on any atom is 0.372 e. The molecule has 0 spiro atoms. The Morgan fingerprint density at radius 2 is 2.30 bits per heavy atom. The van der Waals surface area contributed by atoms with Crippen molar-refractivity contribution in [3.05, 3.63) is 21.7 Å². The van der Waals surface area contributed by atoms with Crippen molar-refractivity contribution in [2.24, 2.45) is 0 Å². The number of fused-ring (bicyclic) bond motifs is 1. The van der Waals surface area contributed by atoms with Crippen LogP contribution in [0.3, 0.4) is 0 Å². The van der Waals surface area contributed by atoms with Crippen molar-refractivity contribution in [2.45, 2.75) is 26.2 Å². The quantitative estimate of drug-likeness (QED) is 0.437. The molecule has 0 aliphatic carbocycles. The van der Waals surface area contributed by atoms with E-state index in [4.69, 9.17) is 4.74 Å². The third-order valence-corrected chi connectivity index (χ3v) is 3.57. The van der Waals surface area contributed by atoms with Gasteiger partial charge in [-0.3, -0.25) is 0 Å². The van der Waals surface area contributed by atoms with Crippen LogP contribution in [-0.2, 0) is 4.74 Å². The van der Waals surface area contributed by atoms with Crippen molar-refractivity contribution in [1.82, 2.24) is 9.38 Å². The molecule has 1 N–H and O–H groups in total. The summed E-state index contributed by atoms with van der Waals surface area (Å²) in [5, 5.41) is 15.9. The summed E-state index contributed by atoms with van der Waals surface area (Å²) in [7, 11) is 0. The molecule has 0 aliphatic heterocycles. The predicted octanol–water partition coefficient (Wildman–Crippen LogP) is 2.92. The van der Waals surface area contributed by atoms with Crippen molar-refractivity contribution in [3.8, 4) is 0 Å². The summed E-state index contributed by atoms with van der Waals surface area (Å²) in [6, 6.07) is 0. The number of hydrogen-bond acceptors (Lipinski definition) is 6. The van der Waals surface area contributed by atoms with Gasteiger partial charge in [-0.05, 0) is 17.8 Å². The predicted molar refractivity (Wildman–Crippen MR) is 78.6 cm³/mol. The summed E-state index contributed by atoms with van der Waals surface area (Å²) in [5.74, 6) is 0.323. The summed E-state index contributed by atoms with van der Waals surface area (Å²) in [6.45, 7) is 4.16. The van der Waals surface area contributed by atoms with Crippen molar-refractivity contribution in [2.75, 3.05) is 25.1 Å². The highest BCUT2D eigenvalue weighted by Gasteiger charge is 2.22. The molecule has 0 fully saturated rings. The van der Waals surface area contributed by atoms with Gasteiger partial charge in [-0.15, -0.1) is 0 Å². The lowest BCUT2D eigenvalue weighted by Crippen LogP contribution is -2.08. The van der Waals surface area contributed by atoms with Gasteiger partial charge in [-0.1, -0.05) is 24.7 Å². The number of imidazole rings is 1. The number of anilines is 1. The van der Waals surface area contributed by atoms with E-state index in [1.165, 1.54) is 15.7 Å². The van der Waals surface area contributed by atoms with Crippen LogP contribution in [-0.4, -0.2) is 34.1 Å². The number of thiazole rings is 1. The molecule has 0 saturated heterocycles. The average Bonchev–Trinajstić information content (AvgIpc) is 2.97. The topological polar surface area (TPSA) is 81.7 Å². The lowest BCUT2D eigenvalue weighted by Gasteiger charge is -2.04. The van der Waals surface area contributed by atoms with Gasteiger partial charge in [-0.2, -0.15) is 9.38 Å². The SMILES string of the molecule is CCCCOCCCNc1nc2sccn2c1[N+](=O)[O-]. The summed E-state index contributed by atoms with van der Waals surface area (Å²) in [5.41, 5.74) is 0. The number of nitrogens with zero attached hydrogens (tertiary/aromatic N) is 3. The van der Waals surface area contributed by atoms with Gasteiger partial charge in [0, 0.05) is 25.1 Å². The minimum Gasteiger partial charge on any atom is -0.381 e. The Hall–Kier alpha value is -1.67. The minimum absolute atomic E-state index is 0.00634. The Morgan fingerprint density at radius 3 is 3.05 bits per heavy atom. The maximum atomic E-state index is 11.1. The van der Waals surface area contributed by atoms with Crippen molar-refractivity contribution in [1.29, 1.82) is 0 Å². The molecule has 8 heteroatoms. The fourth-order valence-corrected chi connectivity index (χ4v) is 2.51. The first-order valence-electron chi connectivity index (χ1n) is 6.65.